The molecule has 0 saturated carbocycles. The number of esters is 1. The third-order valence-electron chi connectivity index (χ3n) is 4.37. The van der Waals surface area contributed by atoms with Gasteiger partial charge >= 0.3 is 5.97 Å². The smallest absolute Gasteiger partial charge is 0.331 e. The number of Topliss-reactive ketones (excluding diaryl/α,β-unsaturated/α-hetero) is 1. The van der Waals surface area contributed by atoms with Gasteiger partial charge in [0.2, 0.25) is 11.5 Å². The number of ketones is 1. The molecule has 0 radical (unpaired) electrons. The summed E-state index contributed by atoms with van der Waals surface area (Å²) in [6.45, 7) is 4.86. The van der Waals surface area contributed by atoms with E-state index in [0.29, 0.717) is 53.9 Å². The highest BCUT2D eigenvalue weighted by molar-refractivity contribution is 6.01. The molecule has 1 aliphatic rings. The second kappa shape index (κ2) is 9.82. The standard InChI is InChI=1S/C23H24O7/c1-4-27-18-8-6-17(7-9-18)22(25)15(2)30-21(24)10-5-16-13-19(26-3)23-20(14-16)28-11-12-29-23/h5-10,13-15H,4,11-12H2,1-3H3/b10-5+/t15-/m0/s1. The van der Waals surface area contributed by atoms with E-state index in [4.69, 9.17) is 23.7 Å². The quantitative estimate of drug-likeness (QED) is 0.372. The van der Waals surface area contributed by atoms with Gasteiger partial charge in [-0.25, -0.2) is 4.79 Å². The average Bonchev–Trinajstić information content (AvgIpc) is 2.77. The van der Waals surface area contributed by atoms with E-state index < -0.39 is 12.1 Å². The fourth-order valence-corrected chi connectivity index (χ4v) is 2.94. The third kappa shape index (κ3) is 5.11. The van der Waals surface area contributed by atoms with Crippen molar-refractivity contribution >= 4 is 17.8 Å². The highest BCUT2D eigenvalue weighted by Gasteiger charge is 2.20. The largest absolute Gasteiger partial charge is 0.494 e. The van der Waals surface area contributed by atoms with Crippen LogP contribution in [0.5, 0.6) is 23.0 Å². The first-order chi connectivity index (χ1) is 14.5. The molecule has 30 heavy (non-hydrogen) atoms. The molecular formula is C23H24O7. The van der Waals surface area contributed by atoms with Crippen LogP contribution in [0.25, 0.3) is 6.08 Å². The maximum atomic E-state index is 12.5. The molecule has 2 aromatic rings. The third-order valence-corrected chi connectivity index (χ3v) is 4.37. The lowest BCUT2D eigenvalue weighted by atomic mass is 10.1. The zero-order valence-electron chi connectivity index (χ0n) is 17.2. The van der Waals surface area contributed by atoms with Crippen LogP contribution in [0.15, 0.2) is 42.5 Å². The predicted molar refractivity (Wildman–Crippen MR) is 111 cm³/mol. The molecule has 0 spiro atoms. The van der Waals surface area contributed by atoms with E-state index in [2.05, 4.69) is 0 Å². The van der Waals surface area contributed by atoms with Crippen molar-refractivity contribution in [2.45, 2.75) is 20.0 Å². The van der Waals surface area contributed by atoms with Crippen molar-refractivity contribution in [2.24, 2.45) is 0 Å². The van der Waals surface area contributed by atoms with Crippen molar-refractivity contribution in [3.63, 3.8) is 0 Å². The molecule has 0 aromatic heterocycles. The van der Waals surface area contributed by atoms with E-state index in [1.807, 2.05) is 6.92 Å². The highest BCUT2D eigenvalue weighted by atomic mass is 16.6. The summed E-state index contributed by atoms with van der Waals surface area (Å²) in [4.78, 5) is 24.7. The lowest BCUT2D eigenvalue weighted by Gasteiger charge is -2.20. The van der Waals surface area contributed by atoms with Crippen LogP contribution in [-0.2, 0) is 9.53 Å². The van der Waals surface area contributed by atoms with E-state index in [1.54, 1.807) is 42.5 Å². The van der Waals surface area contributed by atoms with Gasteiger partial charge in [0, 0.05) is 11.6 Å². The van der Waals surface area contributed by atoms with Gasteiger partial charge in [-0.2, -0.15) is 0 Å². The monoisotopic (exact) mass is 412 g/mol. The number of carbonyl (C=O) groups excluding carboxylic acids is 2. The van der Waals surface area contributed by atoms with Gasteiger partial charge in [-0.15, -0.1) is 0 Å². The van der Waals surface area contributed by atoms with Crippen molar-refractivity contribution in [3.8, 4) is 23.0 Å². The zero-order chi connectivity index (χ0) is 21.5. The SMILES string of the molecule is CCOc1ccc(C(=O)[C@H](C)OC(=O)/C=C/c2cc(OC)c3c(c2)OCCO3)cc1. The van der Waals surface area contributed by atoms with Crippen LogP contribution in [0.1, 0.15) is 29.8 Å². The molecule has 0 bridgehead atoms. The Morgan fingerprint density at radius 2 is 1.87 bits per heavy atom. The fraction of sp³-hybridized carbons (Fsp3) is 0.304. The summed E-state index contributed by atoms with van der Waals surface area (Å²) in [5.41, 5.74) is 1.12. The maximum Gasteiger partial charge on any atom is 0.331 e. The van der Waals surface area contributed by atoms with E-state index in [9.17, 15) is 9.59 Å². The summed E-state index contributed by atoms with van der Waals surface area (Å²) in [6.07, 6.45) is 1.90. The average molecular weight is 412 g/mol. The van der Waals surface area contributed by atoms with Crippen LogP contribution in [-0.4, -0.2) is 44.8 Å². The van der Waals surface area contributed by atoms with E-state index in [0.717, 1.165) is 0 Å². The van der Waals surface area contributed by atoms with Gasteiger partial charge in [-0.3, -0.25) is 4.79 Å². The number of hydrogen-bond donors (Lipinski definition) is 0. The Morgan fingerprint density at radius 3 is 2.57 bits per heavy atom. The molecular weight excluding hydrogens is 388 g/mol. The molecule has 7 heteroatoms. The molecule has 0 fully saturated rings. The molecule has 1 atom stereocenters. The van der Waals surface area contributed by atoms with Crippen LogP contribution in [0.3, 0.4) is 0 Å². The molecule has 158 valence electrons. The first-order valence-electron chi connectivity index (χ1n) is 9.65. The second-order valence-electron chi connectivity index (χ2n) is 6.48. The summed E-state index contributed by atoms with van der Waals surface area (Å²) in [5.74, 6) is 1.36. The first-order valence-corrected chi connectivity index (χ1v) is 9.65. The number of hydrogen-bond acceptors (Lipinski definition) is 7. The Labute approximate surface area is 175 Å². The van der Waals surface area contributed by atoms with Crippen LogP contribution in [0.4, 0.5) is 0 Å². The van der Waals surface area contributed by atoms with E-state index in [1.165, 1.54) is 20.1 Å². The minimum Gasteiger partial charge on any atom is -0.494 e. The molecule has 3 rings (SSSR count). The van der Waals surface area contributed by atoms with Gasteiger partial charge in [-0.05, 0) is 61.9 Å². The summed E-state index contributed by atoms with van der Waals surface area (Å²) >= 11 is 0. The van der Waals surface area contributed by atoms with Crippen molar-refractivity contribution in [1.82, 2.24) is 0 Å². The van der Waals surface area contributed by atoms with Gasteiger partial charge < -0.3 is 23.7 Å². The van der Waals surface area contributed by atoms with Crippen molar-refractivity contribution < 1.29 is 33.3 Å². The summed E-state index contributed by atoms with van der Waals surface area (Å²) < 4.78 is 27.1. The second-order valence-corrected chi connectivity index (χ2v) is 6.48. The van der Waals surface area contributed by atoms with Crippen LogP contribution >= 0.6 is 0 Å². The van der Waals surface area contributed by atoms with Crippen LogP contribution < -0.4 is 18.9 Å². The van der Waals surface area contributed by atoms with Gasteiger partial charge in [0.1, 0.15) is 19.0 Å². The van der Waals surface area contributed by atoms with Crippen LogP contribution in [0, 0.1) is 0 Å². The fourth-order valence-electron chi connectivity index (χ4n) is 2.94. The Bertz CT molecular complexity index is 914. The normalized spacial score (nSPS) is 13.6. The Kier molecular flexibility index (Phi) is 6.95. The van der Waals surface area contributed by atoms with Crippen molar-refractivity contribution in [2.75, 3.05) is 26.9 Å². The number of ether oxygens (including phenoxy) is 5. The van der Waals surface area contributed by atoms with Crippen molar-refractivity contribution in [1.29, 1.82) is 0 Å². The van der Waals surface area contributed by atoms with Crippen molar-refractivity contribution in [3.05, 3.63) is 53.6 Å². The number of methoxy groups -OCH3 is 1. The lowest BCUT2D eigenvalue weighted by Crippen LogP contribution is -2.23. The number of rotatable bonds is 8. The Hall–Kier alpha value is -3.48. The first kappa shape index (κ1) is 21.2. The molecule has 0 aliphatic carbocycles. The van der Waals surface area contributed by atoms with Gasteiger partial charge in [0.15, 0.2) is 17.6 Å². The summed E-state index contributed by atoms with van der Waals surface area (Å²) in [7, 11) is 1.53. The maximum absolute atomic E-state index is 12.5. The van der Waals surface area contributed by atoms with Crippen LogP contribution in [0.2, 0.25) is 0 Å². The molecule has 7 nitrogen and oxygen atoms in total. The summed E-state index contributed by atoms with van der Waals surface area (Å²) in [6, 6.07) is 10.2. The van der Waals surface area contributed by atoms with Gasteiger partial charge in [0.05, 0.1) is 13.7 Å². The molecule has 0 amide bonds. The predicted octanol–water partition coefficient (Wildman–Crippen LogP) is 3.69. The molecule has 2 aromatic carbocycles. The van der Waals surface area contributed by atoms with E-state index >= 15 is 0 Å². The molecule has 1 heterocycles. The summed E-state index contributed by atoms with van der Waals surface area (Å²) in [5, 5.41) is 0. The van der Waals surface area contributed by atoms with Gasteiger partial charge in [0.25, 0.3) is 0 Å². The lowest BCUT2D eigenvalue weighted by molar-refractivity contribution is -0.140. The Morgan fingerprint density at radius 1 is 1.13 bits per heavy atom. The zero-order valence-corrected chi connectivity index (χ0v) is 17.2. The molecule has 1 aliphatic heterocycles. The molecule has 0 N–H and O–H groups in total. The number of carbonyl (C=O) groups is 2. The van der Waals surface area contributed by atoms with E-state index in [-0.39, 0.29) is 5.78 Å². The number of benzene rings is 2. The molecule has 0 saturated heterocycles. The van der Waals surface area contributed by atoms with Gasteiger partial charge in [-0.1, -0.05) is 0 Å². The minimum atomic E-state index is -0.921. The molecule has 0 unspecified atom stereocenters. The minimum absolute atomic E-state index is 0.291. The Balaban J connectivity index is 1.63. The number of fused-ring (bicyclic) bond motifs is 1. The topological polar surface area (TPSA) is 80.3 Å². The highest BCUT2D eigenvalue weighted by Crippen LogP contribution is 2.40.